The number of benzene rings is 3. The number of nitrogens with one attached hydrogen (secondary N) is 1. The van der Waals surface area contributed by atoms with Gasteiger partial charge in [0.25, 0.3) is 0 Å². The van der Waals surface area contributed by atoms with Crippen LogP contribution in [0.4, 0.5) is 11.4 Å². The van der Waals surface area contributed by atoms with E-state index < -0.39 is 0 Å². The van der Waals surface area contributed by atoms with Crippen LogP contribution in [0, 0.1) is 0 Å². The van der Waals surface area contributed by atoms with Gasteiger partial charge in [-0.2, -0.15) is 0 Å². The SMILES string of the molecule is COc1ccc(N(C)CC(=O)Nc2cccc3ccccc23)cc1. The fraction of sp³-hybridized carbons (Fsp3) is 0.150. The van der Waals surface area contributed by atoms with E-state index in [0.717, 1.165) is 27.9 Å². The Balaban J connectivity index is 1.70. The highest BCUT2D eigenvalue weighted by Gasteiger charge is 2.09. The summed E-state index contributed by atoms with van der Waals surface area (Å²) in [5.41, 5.74) is 1.80. The first-order valence-electron chi connectivity index (χ1n) is 7.80. The van der Waals surface area contributed by atoms with Crippen molar-refractivity contribution in [3.8, 4) is 5.75 Å². The molecule has 0 saturated heterocycles. The summed E-state index contributed by atoms with van der Waals surface area (Å²) in [5.74, 6) is 0.747. The minimum atomic E-state index is -0.0512. The third-order valence-corrected chi connectivity index (χ3v) is 3.96. The van der Waals surface area contributed by atoms with Crippen LogP contribution in [0.2, 0.25) is 0 Å². The summed E-state index contributed by atoms with van der Waals surface area (Å²) in [6.45, 7) is 0.273. The number of nitrogens with zero attached hydrogens (tertiary/aromatic N) is 1. The molecule has 4 heteroatoms. The van der Waals surface area contributed by atoms with Crippen LogP contribution >= 0.6 is 0 Å². The summed E-state index contributed by atoms with van der Waals surface area (Å²) in [6.07, 6.45) is 0. The highest BCUT2D eigenvalue weighted by Crippen LogP contribution is 2.23. The van der Waals surface area contributed by atoms with Crippen molar-refractivity contribution in [1.29, 1.82) is 0 Å². The lowest BCUT2D eigenvalue weighted by Gasteiger charge is -2.19. The van der Waals surface area contributed by atoms with Crippen LogP contribution in [-0.4, -0.2) is 26.6 Å². The van der Waals surface area contributed by atoms with Crippen LogP contribution in [-0.2, 0) is 4.79 Å². The zero-order valence-electron chi connectivity index (χ0n) is 13.8. The Morgan fingerprint density at radius 3 is 2.46 bits per heavy atom. The molecule has 0 unspecified atom stereocenters. The number of methoxy groups -OCH3 is 1. The molecule has 0 aliphatic carbocycles. The van der Waals surface area contributed by atoms with Crippen LogP contribution in [0.1, 0.15) is 0 Å². The van der Waals surface area contributed by atoms with Crippen molar-refractivity contribution in [3.63, 3.8) is 0 Å². The molecule has 0 bridgehead atoms. The van der Waals surface area contributed by atoms with E-state index >= 15 is 0 Å². The van der Waals surface area contributed by atoms with Gasteiger partial charge in [0.15, 0.2) is 0 Å². The number of likely N-dealkylation sites (N-methyl/N-ethyl adjacent to an activating group) is 1. The largest absolute Gasteiger partial charge is 0.497 e. The summed E-state index contributed by atoms with van der Waals surface area (Å²) in [6, 6.07) is 21.6. The van der Waals surface area contributed by atoms with Gasteiger partial charge in [0, 0.05) is 23.8 Å². The number of hydrogen-bond acceptors (Lipinski definition) is 3. The molecule has 0 aliphatic rings. The molecule has 3 rings (SSSR count). The molecular weight excluding hydrogens is 300 g/mol. The molecule has 0 aliphatic heterocycles. The Labute approximate surface area is 141 Å². The molecule has 0 saturated carbocycles. The molecule has 24 heavy (non-hydrogen) atoms. The fourth-order valence-electron chi connectivity index (χ4n) is 2.67. The third kappa shape index (κ3) is 3.49. The minimum absolute atomic E-state index is 0.0512. The predicted molar refractivity (Wildman–Crippen MR) is 98.8 cm³/mol. The van der Waals surface area contributed by atoms with Crippen LogP contribution in [0.5, 0.6) is 5.75 Å². The van der Waals surface area contributed by atoms with E-state index in [1.807, 2.05) is 78.7 Å². The van der Waals surface area contributed by atoms with Crippen LogP contribution in [0.15, 0.2) is 66.7 Å². The number of rotatable bonds is 5. The maximum atomic E-state index is 12.4. The molecule has 1 N–H and O–H groups in total. The Morgan fingerprint density at radius 1 is 1.00 bits per heavy atom. The van der Waals surface area contributed by atoms with Crippen molar-refractivity contribution in [2.75, 3.05) is 30.9 Å². The first kappa shape index (κ1) is 15.9. The molecule has 3 aromatic rings. The van der Waals surface area contributed by atoms with E-state index in [-0.39, 0.29) is 12.5 Å². The van der Waals surface area contributed by atoms with Gasteiger partial charge in [-0.25, -0.2) is 0 Å². The summed E-state index contributed by atoms with van der Waals surface area (Å²) in [4.78, 5) is 14.3. The molecular formula is C20H20N2O2. The van der Waals surface area contributed by atoms with E-state index in [1.54, 1.807) is 7.11 Å². The first-order chi connectivity index (χ1) is 11.7. The maximum Gasteiger partial charge on any atom is 0.243 e. The quantitative estimate of drug-likeness (QED) is 0.774. The van der Waals surface area contributed by atoms with Crippen molar-refractivity contribution in [1.82, 2.24) is 0 Å². The Hall–Kier alpha value is -3.01. The van der Waals surface area contributed by atoms with Gasteiger partial charge in [-0.15, -0.1) is 0 Å². The summed E-state index contributed by atoms with van der Waals surface area (Å²) in [7, 11) is 3.53. The normalized spacial score (nSPS) is 10.4. The van der Waals surface area contributed by atoms with Gasteiger partial charge in [0.1, 0.15) is 5.75 Å². The Kier molecular flexibility index (Phi) is 4.66. The van der Waals surface area contributed by atoms with E-state index in [2.05, 4.69) is 5.32 Å². The predicted octanol–water partition coefficient (Wildman–Crippen LogP) is 3.92. The zero-order valence-corrected chi connectivity index (χ0v) is 13.8. The highest BCUT2D eigenvalue weighted by atomic mass is 16.5. The lowest BCUT2D eigenvalue weighted by atomic mass is 10.1. The fourth-order valence-corrected chi connectivity index (χ4v) is 2.67. The minimum Gasteiger partial charge on any atom is -0.497 e. The van der Waals surface area contributed by atoms with Crippen molar-refractivity contribution < 1.29 is 9.53 Å². The monoisotopic (exact) mass is 320 g/mol. The number of anilines is 2. The molecule has 0 heterocycles. The Morgan fingerprint density at radius 2 is 1.71 bits per heavy atom. The molecule has 3 aromatic carbocycles. The van der Waals surface area contributed by atoms with Crippen molar-refractivity contribution >= 4 is 28.1 Å². The van der Waals surface area contributed by atoms with Crippen molar-refractivity contribution in [3.05, 3.63) is 66.7 Å². The molecule has 0 fully saturated rings. The Bertz CT molecular complexity index is 838. The second-order valence-corrected chi connectivity index (χ2v) is 5.63. The van der Waals surface area contributed by atoms with Crippen LogP contribution < -0.4 is 15.0 Å². The van der Waals surface area contributed by atoms with Crippen LogP contribution in [0.3, 0.4) is 0 Å². The van der Waals surface area contributed by atoms with Gasteiger partial charge in [-0.1, -0.05) is 36.4 Å². The first-order valence-corrected chi connectivity index (χ1v) is 7.80. The van der Waals surface area contributed by atoms with Crippen molar-refractivity contribution in [2.45, 2.75) is 0 Å². The summed E-state index contributed by atoms with van der Waals surface area (Å²) >= 11 is 0. The molecule has 122 valence electrons. The van der Waals surface area contributed by atoms with E-state index in [0.29, 0.717) is 0 Å². The average molecular weight is 320 g/mol. The molecule has 0 spiro atoms. The number of fused-ring (bicyclic) bond motifs is 1. The van der Waals surface area contributed by atoms with E-state index in [9.17, 15) is 4.79 Å². The molecule has 0 radical (unpaired) electrons. The van der Waals surface area contributed by atoms with Gasteiger partial charge in [0.2, 0.25) is 5.91 Å². The van der Waals surface area contributed by atoms with Gasteiger partial charge in [-0.3, -0.25) is 4.79 Å². The zero-order chi connectivity index (χ0) is 16.9. The van der Waals surface area contributed by atoms with Gasteiger partial charge < -0.3 is 15.0 Å². The lowest BCUT2D eigenvalue weighted by molar-refractivity contribution is -0.114. The average Bonchev–Trinajstić information content (AvgIpc) is 2.62. The second-order valence-electron chi connectivity index (χ2n) is 5.63. The van der Waals surface area contributed by atoms with Gasteiger partial charge in [0.05, 0.1) is 13.7 Å². The van der Waals surface area contributed by atoms with E-state index in [4.69, 9.17) is 4.74 Å². The number of hydrogen-bond donors (Lipinski definition) is 1. The number of carbonyl (C=O) groups is 1. The molecule has 0 atom stereocenters. The maximum absolute atomic E-state index is 12.4. The topological polar surface area (TPSA) is 41.6 Å². The van der Waals surface area contributed by atoms with Gasteiger partial charge >= 0.3 is 0 Å². The summed E-state index contributed by atoms with van der Waals surface area (Å²) in [5, 5.41) is 5.15. The third-order valence-electron chi connectivity index (χ3n) is 3.96. The van der Waals surface area contributed by atoms with Crippen molar-refractivity contribution in [2.24, 2.45) is 0 Å². The van der Waals surface area contributed by atoms with Gasteiger partial charge in [-0.05, 0) is 35.7 Å². The number of amides is 1. The lowest BCUT2D eigenvalue weighted by Crippen LogP contribution is -2.30. The number of ether oxygens (including phenoxy) is 1. The molecule has 4 nitrogen and oxygen atoms in total. The smallest absolute Gasteiger partial charge is 0.243 e. The van der Waals surface area contributed by atoms with E-state index in [1.165, 1.54) is 0 Å². The molecule has 1 amide bonds. The van der Waals surface area contributed by atoms with Crippen LogP contribution in [0.25, 0.3) is 10.8 Å². The molecule has 0 aromatic heterocycles. The highest BCUT2D eigenvalue weighted by molar-refractivity contribution is 6.03. The number of carbonyl (C=O) groups excluding carboxylic acids is 1. The summed E-state index contributed by atoms with van der Waals surface area (Å²) < 4.78 is 5.15. The standard InChI is InChI=1S/C20H20N2O2/c1-22(16-10-12-17(24-2)13-11-16)14-20(23)21-19-9-5-7-15-6-3-4-8-18(15)19/h3-13H,14H2,1-2H3,(H,21,23). The second kappa shape index (κ2) is 7.04.